The van der Waals surface area contributed by atoms with E-state index >= 15 is 0 Å². The molecular formula is C14H20ClN3O3S. The first-order chi connectivity index (χ1) is 10.6. The van der Waals surface area contributed by atoms with E-state index in [1.54, 1.807) is 13.0 Å². The average molecular weight is 346 g/mol. The zero-order valence-corrected chi connectivity index (χ0v) is 14.1. The van der Waals surface area contributed by atoms with Gasteiger partial charge in [0.05, 0.1) is 10.2 Å². The molecule has 122 valence electrons. The molecule has 6 nitrogen and oxygen atoms in total. The number of nitrogens with one attached hydrogen (secondary N) is 2. The summed E-state index contributed by atoms with van der Waals surface area (Å²) in [6.45, 7) is 6.59. The van der Waals surface area contributed by atoms with E-state index in [4.69, 9.17) is 21.5 Å². The highest BCUT2D eigenvalue weighted by Gasteiger charge is 2.07. The van der Waals surface area contributed by atoms with Crippen LogP contribution < -0.4 is 10.6 Å². The topological polar surface area (TPSA) is 91.3 Å². The van der Waals surface area contributed by atoms with Gasteiger partial charge in [-0.1, -0.05) is 29.9 Å². The molecule has 0 unspecified atom stereocenters. The fourth-order valence-corrected chi connectivity index (χ4v) is 2.47. The first-order valence-corrected chi connectivity index (χ1v) is 7.80. The summed E-state index contributed by atoms with van der Waals surface area (Å²) in [5.41, 5.74) is 0.838. The lowest BCUT2D eigenvalue weighted by Gasteiger charge is -2.02. The fourth-order valence-electron chi connectivity index (χ4n) is 1.33. The van der Waals surface area contributed by atoms with Crippen LogP contribution in [0.15, 0.2) is 18.2 Å². The summed E-state index contributed by atoms with van der Waals surface area (Å²) in [4.78, 5) is 23.7. The van der Waals surface area contributed by atoms with E-state index in [2.05, 4.69) is 15.6 Å². The third kappa shape index (κ3) is 7.35. The van der Waals surface area contributed by atoms with Crippen LogP contribution in [0.4, 0.5) is 9.93 Å². The number of aromatic nitrogens is 1. The number of aliphatic hydroxyl groups is 1. The van der Waals surface area contributed by atoms with Crippen LogP contribution in [-0.4, -0.2) is 36.1 Å². The number of anilines is 1. The number of benzene rings is 1. The Morgan fingerprint density at radius 3 is 2.64 bits per heavy atom. The van der Waals surface area contributed by atoms with Gasteiger partial charge in [-0.05, 0) is 31.5 Å². The van der Waals surface area contributed by atoms with Crippen molar-refractivity contribution in [2.45, 2.75) is 20.3 Å². The Hall–Kier alpha value is -1.70. The number of thiazole rings is 1. The van der Waals surface area contributed by atoms with Gasteiger partial charge in [0.15, 0.2) is 5.13 Å². The Morgan fingerprint density at radius 2 is 2.05 bits per heavy atom. The van der Waals surface area contributed by atoms with Crippen molar-refractivity contribution in [1.82, 2.24) is 10.3 Å². The monoisotopic (exact) mass is 345 g/mol. The van der Waals surface area contributed by atoms with Gasteiger partial charge in [0.25, 0.3) is 0 Å². The molecule has 0 atom stereocenters. The zero-order chi connectivity index (χ0) is 17.0. The summed E-state index contributed by atoms with van der Waals surface area (Å²) in [5, 5.41) is 14.2. The zero-order valence-electron chi connectivity index (χ0n) is 12.6. The Kier molecular flexibility index (Phi) is 11.0. The summed E-state index contributed by atoms with van der Waals surface area (Å²) in [6, 6.07) is 5.23. The minimum absolute atomic E-state index is 0.225. The van der Waals surface area contributed by atoms with Gasteiger partial charge in [-0.15, -0.1) is 0 Å². The maximum atomic E-state index is 11.4. The predicted octanol–water partition coefficient (Wildman–Crippen LogP) is 3.29. The molecule has 0 fully saturated rings. The Balaban J connectivity index is 0.000000789. The van der Waals surface area contributed by atoms with E-state index in [9.17, 15) is 4.79 Å². The lowest BCUT2D eigenvalue weighted by Crippen LogP contribution is -2.29. The number of carbonyl (C=O) groups is 2. The lowest BCUT2D eigenvalue weighted by molar-refractivity contribution is -0.0979. The Bertz CT molecular complexity index is 577. The predicted molar refractivity (Wildman–Crippen MR) is 91.8 cm³/mol. The van der Waals surface area contributed by atoms with Crippen molar-refractivity contribution in [1.29, 1.82) is 0 Å². The molecule has 0 saturated heterocycles. The van der Waals surface area contributed by atoms with Crippen molar-refractivity contribution < 1.29 is 14.7 Å². The third-order valence-corrected chi connectivity index (χ3v) is 3.28. The van der Waals surface area contributed by atoms with Crippen LogP contribution in [0.1, 0.15) is 20.3 Å². The molecule has 0 radical (unpaired) electrons. The Morgan fingerprint density at radius 1 is 1.41 bits per heavy atom. The summed E-state index contributed by atoms with van der Waals surface area (Å²) in [6.07, 6.45) is 0.906. The molecule has 0 aliphatic rings. The number of urea groups is 1. The largest absolute Gasteiger partial charge is 0.397 e. The minimum Gasteiger partial charge on any atom is -0.397 e. The van der Waals surface area contributed by atoms with Crippen LogP contribution in [0.5, 0.6) is 0 Å². The summed E-state index contributed by atoms with van der Waals surface area (Å²) >= 11 is 7.29. The van der Waals surface area contributed by atoms with E-state index in [1.807, 2.05) is 25.8 Å². The molecule has 0 aliphatic heterocycles. The molecule has 22 heavy (non-hydrogen) atoms. The number of hydrogen-bond acceptors (Lipinski definition) is 5. The molecule has 3 N–H and O–H groups in total. The first kappa shape index (κ1) is 20.3. The molecule has 1 aromatic heterocycles. The van der Waals surface area contributed by atoms with Gasteiger partial charge < -0.3 is 15.2 Å². The van der Waals surface area contributed by atoms with E-state index in [-0.39, 0.29) is 12.6 Å². The fraction of sp³-hybridized carbons (Fsp3) is 0.357. The third-order valence-electron chi connectivity index (χ3n) is 2.11. The lowest BCUT2D eigenvalue weighted by atomic mass is 10.3. The minimum atomic E-state index is -0.225. The standard InChI is InChI=1S/C11H12ClN3OS.C2H6O.CH2O/c1-2-5-13-10(16)15-11-14-8-4-3-7(12)6-9(8)17-11;1-2-3;1-2/h3-4,6H,2,5H2,1H3,(H2,13,14,15,16);3H,2H2,1H3;1H2. The maximum Gasteiger partial charge on any atom is 0.321 e. The molecule has 1 aromatic carbocycles. The maximum absolute atomic E-state index is 11.4. The second-order valence-corrected chi connectivity index (χ2v) is 5.30. The van der Waals surface area contributed by atoms with Crippen LogP contribution >= 0.6 is 22.9 Å². The molecule has 1 heterocycles. The highest BCUT2D eigenvalue weighted by Crippen LogP contribution is 2.28. The number of nitrogens with zero attached hydrogens (tertiary/aromatic N) is 1. The van der Waals surface area contributed by atoms with Crippen molar-refractivity contribution in [3.63, 3.8) is 0 Å². The van der Waals surface area contributed by atoms with Gasteiger partial charge in [-0.3, -0.25) is 5.32 Å². The van der Waals surface area contributed by atoms with Crippen molar-refractivity contribution in [3.8, 4) is 0 Å². The van der Waals surface area contributed by atoms with Gasteiger partial charge in [-0.25, -0.2) is 9.78 Å². The number of rotatable bonds is 3. The molecule has 8 heteroatoms. The van der Waals surface area contributed by atoms with Gasteiger partial charge >= 0.3 is 6.03 Å². The highest BCUT2D eigenvalue weighted by atomic mass is 35.5. The van der Waals surface area contributed by atoms with E-state index in [1.165, 1.54) is 11.3 Å². The van der Waals surface area contributed by atoms with Gasteiger partial charge in [0.2, 0.25) is 0 Å². The van der Waals surface area contributed by atoms with Gasteiger partial charge in [0.1, 0.15) is 6.79 Å². The molecule has 2 amide bonds. The van der Waals surface area contributed by atoms with Crippen LogP contribution in [-0.2, 0) is 4.79 Å². The normalized spacial score (nSPS) is 9.09. The molecule has 2 rings (SSSR count). The molecule has 2 aromatic rings. The van der Waals surface area contributed by atoms with Gasteiger partial charge in [-0.2, -0.15) is 0 Å². The van der Waals surface area contributed by atoms with Crippen LogP contribution in [0.3, 0.4) is 0 Å². The summed E-state index contributed by atoms with van der Waals surface area (Å²) < 4.78 is 0.961. The second kappa shape index (κ2) is 11.9. The molecule has 0 aliphatic carbocycles. The highest BCUT2D eigenvalue weighted by molar-refractivity contribution is 7.22. The summed E-state index contributed by atoms with van der Waals surface area (Å²) in [5.74, 6) is 0. The Labute approximate surface area is 138 Å². The molecule has 0 spiro atoms. The van der Waals surface area contributed by atoms with Crippen molar-refractivity contribution in [2.75, 3.05) is 18.5 Å². The first-order valence-electron chi connectivity index (χ1n) is 6.61. The molecule has 0 saturated carbocycles. The van der Waals surface area contributed by atoms with E-state index in [0.717, 1.165) is 16.6 Å². The van der Waals surface area contributed by atoms with E-state index in [0.29, 0.717) is 16.7 Å². The van der Waals surface area contributed by atoms with E-state index < -0.39 is 0 Å². The van der Waals surface area contributed by atoms with Crippen LogP contribution in [0.2, 0.25) is 5.02 Å². The number of aliphatic hydroxyl groups excluding tert-OH is 1. The van der Waals surface area contributed by atoms with Crippen LogP contribution in [0, 0.1) is 0 Å². The number of halogens is 1. The van der Waals surface area contributed by atoms with Gasteiger partial charge in [0, 0.05) is 18.2 Å². The van der Waals surface area contributed by atoms with Crippen LogP contribution in [0.25, 0.3) is 10.2 Å². The molecule has 0 bridgehead atoms. The number of amides is 2. The molecular weight excluding hydrogens is 326 g/mol. The quantitative estimate of drug-likeness (QED) is 0.796. The summed E-state index contributed by atoms with van der Waals surface area (Å²) in [7, 11) is 0. The van der Waals surface area contributed by atoms with Crippen molar-refractivity contribution in [3.05, 3.63) is 23.2 Å². The second-order valence-electron chi connectivity index (χ2n) is 3.83. The number of hydrogen-bond donors (Lipinski definition) is 3. The SMILES string of the molecule is C=O.CCCNC(=O)Nc1nc2ccc(Cl)cc2s1.CCO. The smallest absolute Gasteiger partial charge is 0.321 e. The number of fused-ring (bicyclic) bond motifs is 1. The van der Waals surface area contributed by atoms with Crippen molar-refractivity contribution in [2.24, 2.45) is 0 Å². The van der Waals surface area contributed by atoms with Crippen molar-refractivity contribution >= 4 is 51.1 Å². The number of carbonyl (C=O) groups excluding carboxylic acids is 2. The average Bonchev–Trinajstić information content (AvgIpc) is 2.89.